The second kappa shape index (κ2) is 9.90. The first kappa shape index (κ1) is 19.9. The lowest BCUT2D eigenvalue weighted by atomic mass is 9.94. The van der Waals surface area contributed by atoms with Gasteiger partial charge in [-0.05, 0) is 31.5 Å². The zero-order valence-electron chi connectivity index (χ0n) is 16.1. The predicted molar refractivity (Wildman–Crippen MR) is 109 cm³/mol. The first-order chi connectivity index (χ1) is 13.1. The third-order valence-corrected chi connectivity index (χ3v) is 5.87. The van der Waals surface area contributed by atoms with Gasteiger partial charge in [-0.25, -0.2) is 0 Å². The Morgan fingerprint density at radius 1 is 1.30 bits per heavy atom. The van der Waals surface area contributed by atoms with Crippen LogP contribution in [0.1, 0.15) is 49.4 Å². The van der Waals surface area contributed by atoms with Crippen molar-refractivity contribution in [1.82, 2.24) is 15.0 Å². The molecule has 1 amide bonds. The fourth-order valence-corrected chi connectivity index (χ4v) is 4.18. The van der Waals surface area contributed by atoms with Gasteiger partial charge in [0.1, 0.15) is 0 Å². The largest absolute Gasteiger partial charge is 0.340 e. The Hall–Kier alpha value is -1.86. The highest BCUT2D eigenvalue weighted by molar-refractivity contribution is 7.99. The molecule has 3 rings (SSSR count). The van der Waals surface area contributed by atoms with Crippen LogP contribution in [0, 0.1) is 6.92 Å². The molecule has 0 saturated heterocycles. The maximum absolute atomic E-state index is 12.3. The van der Waals surface area contributed by atoms with Crippen molar-refractivity contribution in [1.29, 1.82) is 0 Å². The molecule has 1 saturated carbocycles. The number of carbonyl (C=O) groups excluding carboxylic acids is 1. The lowest BCUT2D eigenvalue weighted by molar-refractivity contribution is -0.113. The standard InChI is InChI=1S/C20H28N4O2S/c1-15-21-19(23-26-15)13-27-14-20(25)22-18-11-7-6-8-16(18)12-24(2)17-9-4-3-5-10-17/h6-8,11,17H,3-5,9-10,12-14H2,1-2H3,(H,22,25). The Kier molecular flexibility index (Phi) is 7.29. The molecule has 0 radical (unpaired) electrons. The number of benzene rings is 1. The molecule has 2 aromatic rings. The number of thioether (sulfide) groups is 1. The molecule has 1 heterocycles. The van der Waals surface area contributed by atoms with E-state index in [9.17, 15) is 4.79 Å². The molecular formula is C20H28N4O2S. The second-order valence-electron chi connectivity index (χ2n) is 7.13. The first-order valence-electron chi connectivity index (χ1n) is 9.57. The van der Waals surface area contributed by atoms with Crippen LogP contribution in [0.4, 0.5) is 5.69 Å². The maximum Gasteiger partial charge on any atom is 0.234 e. The summed E-state index contributed by atoms with van der Waals surface area (Å²) in [5.41, 5.74) is 2.07. The molecule has 0 bridgehead atoms. The number of nitrogens with zero attached hydrogens (tertiary/aromatic N) is 3. The van der Waals surface area contributed by atoms with Crippen molar-refractivity contribution in [2.24, 2.45) is 0 Å². The average Bonchev–Trinajstić information content (AvgIpc) is 3.09. The van der Waals surface area contributed by atoms with Crippen LogP contribution in [-0.4, -0.2) is 39.8 Å². The highest BCUT2D eigenvalue weighted by Crippen LogP contribution is 2.25. The summed E-state index contributed by atoms with van der Waals surface area (Å²) in [7, 11) is 2.19. The molecule has 0 spiro atoms. The van der Waals surface area contributed by atoms with E-state index in [2.05, 4.69) is 33.5 Å². The number of hydrogen-bond acceptors (Lipinski definition) is 6. The molecule has 0 unspecified atom stereocenters. The molecule has 6 nitrogen and oxygen atoms in total. The Bertz CT molecular complexity index is 743. The maximum atomic E-state index is 12.3. The van der Waals surface area contributed by atoms with E-state index in [0.29, 0.717) is 29.3 Å². The van der Waals surface area contributed by atoms with Crippen LogP contribution in [0.5, 0.6) is 0 Å². The third kappa shape index (κ3) is 6.07. The summed E-state index contributed by atoms with van der Waals surface area (Å²) in [5.74, 6) is 2.09. The van der Waals surface area contributed by atoms with E-state index in [1.54, 1.807) is 6.92 Å². The minimum Gasteiger partial charge on any atom is -0.340 e. The van der Waals surface area contributed by atoms with Gasteiger partial charge in [-0.2, -0.15) is 4.98 Å². The lowest BCUT2D eigenvalue weighted by Gasteiger charge is -2.31. The molecule has 1 N–H and O–H groups in total. The molecule has 1 aromatic heterocycles. The van der Waals surface area contributed by atoms with Crippen LogP contribution in [0.15, 0.2) is 28.8 Å². The van der Waals surface area contributed by atoms with Crippen molar-refractivity contribution >= 4 is 23.4 Å². The van der Waals surface area contributed by atoms with Crippen LogP contribution in [0.2, 0.25) is 0 Å². The van der Waals surface area contributed by atoms with Crippen molar-refractivity contribution in [2.75, 3.05) is 18.1 Å². The summed E-state index contributed by atoms with van der Waals surface area (Å²) >= 11 is 1.48. The molecule has 1 aliphatic rings. The van der Waals surface area contributed by atoms with E-state index in [-0.39, 0.29) is 5.91 Å². The van der Waals surface area contributed by atoms with Crippen LogP contribution >= 0.6 is 11.8 Å². The normalized spacial score (nSPS) is 15.2. The van der Waals surface area contributed by atoms with Gasteiger partial charge in [0.15, 0.2) is 5.82 Å². The molecule has 1 aliphatic carbocycles. The third-order valence-electron chi connectivity index (χ3n) is 4.94. The van der Waals surface area contributed by atoms with E-state index in [1.807, 2.05) is 18.2 Å². The highest BCUT2D eigenvalue weighted by Gasteiger charge is 2.19. The summed E-state index contributed by atoms with van der Waals surface area (Å²) in [6, 6.07) is 8.73. The van der Waals surface area contributed by atoms with Crippen molar-refractivity contribution in [3.63, 3.8) is 0 Å². The molecular weight excluding hydrogens is 360 g/mol. The number of para-hydroxylation sites is 1. The van der Waals surface area contributed by atoms with Crippen LogP contribution in [0.25, 0.3) is 0 Å². The van der Waals surface area contributed by atoms with E-state index < -0.39 is 0 Å². The molecule has 146 valence electrons. The molecule has 27 heavy (non-hydrogen) atoms. The molecule has 0 aliphatic heterocycles. The van der Waals surface area contributed by atoms with E-state index in [1.165, 1.54) is 43.9 Å². The Balaban J connectivity index is 1.51. The van der Waals surface area contributed by atoms with Crippen molar-refractivity contribution < 1.29 is 9.32 Å². The number of hydrogen-bond donors (Lipinski definition) is 1. The Labute approximate surface area is 165 Å². The fraction of sp³-hybridized carbons (Fsp3) is 0.550. The van der Waals surface area contributed by atoms with Crippen LogP contribution in [0.3, 0.4) is 0 Å². The molecule has 1 aromatic carbocycles. The minimum absolute atomic E-state index is 0.00649. The van der Waals surface area contributed by atoms with Crippen molar-refractivity contribution in [3.8, 4) is 0 Å². The molecule has 0 atom stereocenters. The number of aromatic nitrogens is 2. The fourth-order valence-electron chi connectivity index (χ4n) is 3.52. The summed E-state index contributed by atoms with van der Waals surface area (Å²) in [5, 5.41) is 6.90. The summed E-state index contributed by atoms with van der Waals surface area (Å²) in [6.07, 6.45) is 6.56. The predicted octanol–water partition coefficient (Wildman–Crippen LogP) is 4.01. The summed E-state index contributed by atoms with van der Waals surface area (Å²) in [6.45, 7) is 2.62. The smallest absolute Gasteiger partial charge is 0.234 e. The van der Waals surface area contributed by atoms with Gasteiger partial charge in [0.05, 0.1) is 11.5 Å². The quantitative estimate of drug-likeness (QED) is 0.737. The molecule has 1 fully saturated rings. The zero-order valence-corrected chi connectivity index (χ0v) is 16.9. The topological polar surface area (TPSA) is 71.3 Å². The summed E-state index contributed by atoms with van der Waals surface area (Å²) < 4.78 is 4.94. The van der Waals surface area contributed by atoms with Crippen molar-refractivity contribution in [2.45, 2.75) is 57.4 Å². The number of nitrogens with one attached hydrogen (secondary N) is 1. The Morgan fingerprint density at radius 3 is 2.81 bits per heavy atom. The Morgan fingerprint density at radius 2 is 2.07 bits per heavy atom. The van der Waals surface area contributed by atoms with Gasteiger partial charge >= 0.3 is 0 Å². The van der Waals surface area contributed by atoms with E-state index in [4.69, 9.17) is 4.52 Å². The number of rotatable bonds is 8. The average molecular weight is 389 g/mol. The minimum atomic E-state index is -0.00649. The van der Waals surface area contributed by atoms with Gasteiger partial charge in [-0.3, -0.25) is 9.69 Å². The van der Waals surface area contributed by atoms with Gasteiger partial charge in [-0.1, -0.05) is 42.6 Å². The number of anilines is 1. The molecule has 7 heteroatoms. The van der Waals surface area contributed by atoms with E-state index >= 15 is 0 Å². The van der Waals surface area contributed by atoms with Gasteiger partial charge in [0.2, 0.25) is 11.8 Å². The lowest BCUT2D eigenvalue weighted by Crippen LogP contribution is -2.33. The van der Waals surface area contributed by atoms with Crippen molar-refractivity contribution in [3.05, 3.63) is 41.5 Å². The highest BCUT2D eigenvalue weighted by atomic mass is 32.2. The van der Waals surface area contributed by atoms with Crippen LogP contribution in [-0.2, 0) is 17.1 Å². The van der Waals surface area contributed by atoms with E-state index in [0.717, 1.165) is 17.8 Å². The second-order valence-corrected chi connectivity index (χ2v) is 8.12. The summed E-state index contributed by atoms with van der Waals surface area (Å²) in [4.78, 5) is 18.9. The SMILES string of the molecule is Cc1nc(CSCC(=O)Nc2ccccc2CN(C)C2CCCCC2)no1. The van der Waals surface area contributed by atoms with Gasteiger partial charge in [0, 0.05) is 25.2 Å². The number of aryl methyl sites for hydroxylation is 1. The van der Waals surface area contributed by atoms with Gasteiger partial charge in [0.25, 0.3) is 0 Å². The first-order valence-corrected chi connectivity index (χ1v) is 10.7. The van der Waals surface area contributed by atoms with Crippen LogP contribution < -0.4 is 5.32 Å². The number of amides is 1. The van der Waals surface area contributed by atoms with Gasteiger partial charge in [-0.15, -0.1) is 11.8 Å². The number of carbonyl (C=O) groups is 1. The van der Waals surface area contributed by atoms with Gasteiger partial charge < -0.3 is 9.84 Å². The monoisotopic (exact) mass is 388 g/mol. The zero-order chi connectivity index (χ0) is 19.1.